The van der Waals surface area contributed by atoms with E-state index in [1.54, 1.807) is 7.11 Å². The number of aromatic nitrogens is 2. The molecule has 0 amide bonds. The van der Waals surface area contributed by atoms with Gasteiger partial charge in [-0.1, -0.05) is 38.4 Å². The van der Waals surface area contributed by atoms with E-state index in [2.05, 4.69) is 49.1 Å². The van der Waals surface area contributed by atoms with Gasteiger partial charge >= 0.3 is 0 Å². The van der Waals surface area contributed by atoms with Gasteiger partial charge in [-0.3, -0.25) is 0 Å². The van der Waals surface area contributed by atoms with Crippen LogP contribution in [0.5, 0.6) is 5.88 Å². The summed E-state index contributed by atoms with van der Waals surface area (Å²) >= 11 is 6.19. The van der Waals surface area contributed by atoms with Crippen LogP contribution in [0.4, 0.5) is 5.82 Å². The minimum atomic E-state index is -1.94. The van der Waals surface area contributed by atoms with Crippen LogP contribution in [-0.4, -0.2) is 55.4 Å². The van der Waals surface area contributed by atoms with Crippen molar-refractivity contribution >= 4 is 25.7 Å². The molecule has 7 nitrogen and oxygen atoms in total. The van der Waals surface area contributed by atoms with Gasteiger partial charge in [-0.05, 0) is 47.8 Å². The Kier molecular flexibility index (Phi) is 7.79. The number of aliphatic hydroxyl groups is 1. The first-order valence-electron chi connectivity index (χ1n) is 12.4. The molecule has 1 saturated carbocycles. The molecular weight excluding hydrogens is 482 g/mol. The molecule has 2 aliphatic carbocycles. The van der Waals surface area contributed by atoms with Gasteiger partial charge in [0.05, 0.1) is 18.2 Å². The summed E-state index contributed by atoms with van der Waals surface area (Å²) in [5.74, 6) is 1.26. The minimum absolute atomic E-state index is 0.00500. The summed E-state index contributed by atoms with van der Waals surface area (Å²) in [7, 11) is -0.221. The van der Waals surface area contributed by atoms with Crippen molar-refractivity contribution in [1.82, 2.24) is 9.97 Å². The van der Waals surface area contributed by atoms with Gasteiger partial charge in [-0.15, -0.1) is 0 Å². The first-order valence-corrected chi connectivity index (χ1v) is 15.6. The summed E-state index contributed by atoms with van der Waals surface area (Å²) in [6, 6.07) is 7.74. The third-order valence-electron chi connectivity index (χ3n) is 7.84. The number of rotatable bonds is 8. The Morgan fingerprint density at radius 3 is 2.60 bits per heavy atom. The highest BCUT2D eigenvalue weighted by atomic mass is 35.5. The molecule has 1 fully saturated rings. The third-order valence-corrected chi connectivity index (χ3v) is 12.6. The Balaban J connectivity index is 1.44. The molecule has 4 rings (SSSR count). The molecule has 192 valence electrons. The number of aliphatic hydroxyl groups excluding tert-OH is 1. The van der Waals surface area contributed by atoms with Crippen molar-refractivity contribution in [2.75, 3.05) is 19.0 Å². The van der Waals surface area contributed by atoms with E-state index >= 15 is 0 Å². The SMILES string of the molecule is CO[C@H]1Cc2cc(Cl)ccc2[C@H]1Nc1cc(O[C@@H]2C[C@@H](CO)[C@@H](O[Si](C)(C)C(C)(C)C)C2)ncn1. The summed E-state index contributed by atoms with van der Waals surface area (Å²) in [6.07, 6.45) is 3.70. The molecule has 1 aromatic carbocycles. The molecule has 0 saturated heterocycles. The molecule has 0 spiro atoms. The fraction of sp³-hybridized carbons (Fsp3) is 0.615. The average molecular weight is 520 g/mol. The number of fused-ring (bicyclic) bond motifs is 1. The zero-order valence-corrected chi connectivity index (χ0v) is 23.3. The number of halogens is 1. The van der Waals surface area contributed by atoms with E-state index in [4.69, 9.17) is 25.5 Å². The molecule has 0 bridgehead atoms. The molecule has 2 N–H and O–H groups in total. The second-order valence-electron chi connectivity index (χ2n) is 11.3. The van der Waals surface area contributed by atoms with Crippen LogP contribution in [0.1, 0.15) is 50.8 Å². The van der Waals surface area contributed by atoms with Gasteiger partial charge in [0.2, 0.25) is 5.88 Å². The van der Waals surface area contributed by atoms with E-state index in [1.165, 1.54) is 11.9 Å². The maximum atomic E-state index is 9.99. The molecule has 35 heavy (non-hydrogen) atoms. The van der Waals surface area contributed by atoms with Gasteiger partial charge < -0.3 is 24.3 Å². The number of anilines is 1. The molecule has 5 atom stereocenters. The molecule has 0 unspecified atom stereocenters. The van der Waals surface area contributed by atoms with Crippen molar-refractivity contribution in [3.05, 3.63) is 46.7 Å². The van der Waals surface area contributed by atoms with Crippen molar-refractivity contribution < 1.29 is 19.0 Å². The Morgan fingerprint density at radius 1 is 1.14 bits per heavy atom. The highest BCUT2D eigenvalue weighted by Gasteiger charge is 2.44. The van der Waals surface area contributed by atoms with E-state index in [9.17, 15) is 5.11 Å². The number of nitrogens with zero attached hydrogens (tertiary/aromatic N) is 2. The van der Waals surface area contributed by atoms with Crippen molar-refractivity contribution in [1.29, 1.82) is 0 Å². The lowest BCUT2D eigenvalue weighted by atomic mass is 10.1. The van der Waals surface area contributed by atoms with Crippen molar-refractivity contribution in [3.63, 3.8) is 0 Å². The molecule has 1 heterocycles. The van der Waals surface area contributed by atoms with E-state index < -0.39 is 8.32 Å². The van der Waals surface area contributed by atoms with Crippen LogP contribution in [0.15, 0.2) is 30.6 Å². The van der Waals surface area contributed by atoms with Crippen LogP contribution in [0.2, 0.25) is 23.2 Å². The van der Waals surface area contributed by atoms with Crippen LogP contribution < -0.4 is 10.1 Å². The number of hydrogen-bond donors (Lipinski definition) is 2. The molecular formula is C26H38ClN3O4Si. The quantitative estimate of drug-likeness (QED) is 0.452. The van der Waals surface area contributed by atoms with Gasteiger partial charge in [-0.2, -0.15) is 0 Å². The summed E-state index contributed by atoms with van der Waals surface area (Å²) in [5.41, 5.74) is 2.34. The average Bonchev–Trinajstić information content (AvgIpc) is 3.32. The molecule has 2 aliphatic rings. The highest BCUT2D eigenvalue weighted by Crippen LogP contribution is 2.42. The molecule has 0 radical (unpaired) electrons. The number of methoxy groups -OCH3 is 1. The highest BCUT2D eigenvalue weighted by molar-refractivity contribution is 6.74. The Labute approximate surface area is 214 Å². The van der Waals surface area contributed by atoms with Crippen LogP contribution in [0.25, 0.3) is 0 Å². The third kappa shape index (κ3) is 5.83. The topological polar surface area (TPSA) is 85.7 Å². The summed E-state index contributed by atoms with van der Waals surface area (Å²) in [6.45, 7) is 11.3. The van der Waals surface area contributed by atoms with Crippen LogP contribution >= 0.6 is 11.6 Å². The Morgan fingerprint density at radius 2 is 1.91 bits per heavy atom. The Bertz CT molecular complexity index is 1030. The van der Waals surface area contributed by atoms with Crippen LogP contribution in [0, 0.1) is 5.92 Å². The maximum absolute atomic E-state index is 9.99. The zero-order valence-electron chi connectivity index (χ0n) is 21.5. The summed E-state index contributed by atoms with van der Waals surface area (Å²) < 4.78 is 18.7. The fourth-order valence-corrected chi connectivity index (χ4v) is 6.41. The molecule has 9 heteroatoms. The van der Waals surface area contributed by atoms with Gasteiger partial charge in [0.25, 0.3) is 0 Å². The monoisotopic (exact) mass is 519 g/mol. The van der Waals surface area contributed by atoms with Gasteiger partial charge in [0, 0.05) is 43.6 Å². The fourth-order valence-electron chi connectivity index (χ4n) is 4.82. The van der Waals surface area contributed by atoms with E-state index in [0.29, 0.717) is 11.7 Å². The maximum Gasteiger partial charge on any atom is 0.218 e. The lowest BCUT2D eigenvalue weighted by molar-refractivity contribution is 0.0958. The second-order valence-corrected chi connectivity index (χ2v) is 16.4. The van der Waals surface area contributed by atoms with E-state index in [0.717, 1.165) is 29.8 Å². The summed E-state index contributed by atoms with van der Waals surface area (Å²) in [4.78, 5) is 8.76. The normalized spacial score (nSPS) is 26.6. The Hall–Kier alpha value is -1.71. The van der Waals surface area contributed by atoms with Crippen molar-refractivity contribution in [3.8, 4) is 5.88 Å². The standard InChI is InChI=1S/C26H38ClN3O4Si/c1-26(2,3)35(5,6)34-21-12-19(10-17(21)14-31)33-24-13-23(28-15-29-24)30-25-20-8-7-18(27)9-16(20)11-22(25)32-4/h7-9,13,15,17,19,21-22,25,31H,10-12,14H2,1-6H3,(H,28,29,30)/t17-,19+,21-,22-,25+/m0/s1. The smallest absolute Gasteiger partial charge is 0.218 e. The van der Waals surface area contributed by atoms with E-state index in [-0.39, 0.29) is 41.9 Å². The number of hydrogen-bond acceptors (Lipinski definition) is 7. The number of benzene rings is 1. The predicted octanol–water partition coefficient (Wildman–Crippen LogP) is 5.39. The second kappa shape index (κ2) is 10.3. The zero-order chi connectivity index (χ0) is 25.4. The minimum Gasteiger partial charge on any atom is -0.474 e. The van der Waals surface area contributed by atoms with Crippen LogP contribution in [0.3, 0.4) is 0 Å². The van der Waals surface area contributed by atoms with Gasteiger partial charge in [0.15, 0.2) is 8.32 Å². The first-order chi connectivity index (χ1) is 16.5. The summed E-state index contributed by atoms with van der Waals surface area (Å²) in [5, 5.41) is 14.3. The lowest BCUT2D eigenvalue weighted by Crippen LogP contribution is -2.45. The molecule has 2 aromatic rings. The van der Waals surface area contributed by atoms with Crippen molar-refractivity contribution in [2.24, 2.45) is 5.92 Å². The number of ether oxygens (including phenoxy) is 2. The largest absolute Gasteiger partial charge is 0.474 e. The number of nitrogens with one attached hydrogen (secondary N) is 1. The van der Waals surface area contributed by atoms with Crippen LogP contribution in [-0.2, 0) is 15.6 Å². The predicted molar refractivity (Wildman–Crippen MR) is 141 cm³/mol. The van der Waals surface area contributed by atoms with E-state index in [1.807, 2.05) is 24.3 Å². The van der Waals surface area contributed by atoms with Crippen molar-refractivity contribution in [2.45, 2.75) is 82.5 Å². The van der Waals surface area contributed by atoms with Gasteiger partial charge in [-0.25, -0.2) is 9.97 Å². The lowest BCUT2D eigenvalue weighted by Gasteiger charge is -2.39. The molecule has 1 aromatic heterocycles. The first kappa shape index (κ1) is 26.4. The molecule has 0 aliphatic heterocycles. The van der Waals surface area contributed by atoms with Gasteiger partial charge in [0.1, 0.15) is 18.2 Å².